The minimum Gasteiger partial charge on any atom is -0.872 e. The van der Waals surface area contributed by atoms with E-state index in [0.717, 1.165) is 10.5 Å². The zero-order chi connectivity index (χ0) is 23.0. The van der Waals surface area contributed by atoms with Gasteiger partial charge in [0.15, 0.2) is 0 Å². The first-order chi connectivity index (χ1) is 15.3. The van der Waals surface area contributed by atoms with E-state index in [1.165, 1.54) is 18.0 Å². The van der Waals surface area contributed by atoms with Crippen molar-refractivity contribution in [2.75, 3.05) is 14.1 Å². The lowest BCUT2D eigenvalue weighted by Gasteiger charge is -2.31. The highest BCUT2D eigenvalue weighted by Gasteiger charge is 2.54. The van der Waals surface area contributed by atoms with Crippen molar-refractivity contribution in [1.29, 1.82) is 0 Å². The number of amidine groups is 1. The molecule has 1 fully saturated rings. The number of nitrogens with zero attached hydrogens (tertiary/aromatic N) is 5. The van der Waals surface area contributed by atoms with Crippen molar-refractivity contribution < 1.29 is 14.7 Å². The summed E-state index contributed by atoms with van der Waals surface area (Å²) in [6, 6.07) is 12.6. The van der Waals surface area contributed by atoms with Crippen molar-refractivity contribution in [2.45, 2.75) is 19.5 Å². The minimum atomic E-state index is -0.816. The maximum absolute atomic E-state index is 13.0. The van der Waals surface area contributed by atoms with Crippen molar-refractivity contribution in [1.82, 2.24) is 24.8 Å². The summed E-state index contributed by atoms with van der Waals surface area (Å²) in [4.78, 5) is 29.5. The molecule has 2 aliphatic heterocycles. The topological polar surface area (TPSA) is 105 Å². The summed E-state index contributed by atoms with van der Waals surface area (Å²) in [5.41, 5.74) is 4.57. The molecule has 1 saturated heterocycles. The number of halogens is 1. The van der Waals surface area contributed by atoms with E-state index in [9.17, 15) is 14.7 Å². The average molecular weight is 453 g/mol. The Morgan fingerprint density at radius 3 is 2.53 bits per heavy atom. The zero-order valence-corrected chi connectivity index (χ0v) is 18.5. The van der Waals surface area contributed by atoms with Crippen LogP contribution in [0, 0.1) is 0 Å². The maximum atomic E-state index is 13.0. The fraction of sp³-hybridized carbons (Fsp3) is 0.227. The number of amides is 3. The van der Waals surface area contributed by atoms with Gasteiger partial charge in [-0.3, -0.25) is 9.69 Å². The van der Waals surface area contributed by atoms with Gasteiger partial charge in [0.05, 0.1) is 19.3 Å². The van der Waals surface area contributed by atoms with Crippen molar-refractivity contribution in [3.63, 3.8) is 0 Å². The molecule has 3 amide bonds. The molecule has 0 bridgehead atoms. The van der Waals surface area contributed by atoms with E-state index >= 15 is 0 Å². The Labute approximate surface area is 189 Å². The summed E-state index contributed by atoms with van der Waals surface area (Å²) in [5, 5.41) is 17.0. The second-order valence-electron chi connectivity index (χ2n) is 7.46. The Bertz CT molecular complexity index is 1200. The number of carbonyl (C=O) groups is 2. The molecule has 2 aliphatic rings. The summed E-state index contributed by atoms with van der Waals surface area (Å²) in [6.45, 7) is 1.96. The third-order valence-electron chi connectivity index (χ3n) is 5.43. The molecule has 0 aliphatic carbocycles. The van der Waals surface area contributed by atoms with Crippen LogP contribution in [-0.2, 0) is 11.3 Å². The molecule has 0 aromatic heterocycles. The first-order valence-corrected chi connectivity index (χ1v) is 10.2. The molecule has 164 valence electrons. The molecule has 4 rings (SSSR count). The molecule has 9 nitrogen and oxygen atoms in total. The lowest BCUT2D eigenvalue weighted by molar-refractivity contribution is -0.268. The molecule has 2 aromatic rings. The second-order valence-corrected chi connectivity index (χ2v) is 7.87. The Kier molecular flexibility index (Phi) is 5.61. The van der Waals surface area contributed by atoms with Gasteiger partial charge in [-0.05, 0) is 18.6 Å². The molecule has 10 heteroatoms. The van der Waals surface area contributed by atoms with E-state index < -0.39 is 18.0 Å². The highest BCUT2D eigenvalue weighted by atomic mass is 35.5. The highest BCUT2D eigenvalue weighted by Crippen LogP contribution is 2.23. The second kappa shape index (κ2) is 8.37. The number of para-hydroxylation sites is 1. The number of fused-ring (bicyclic) bond motifs is 1. The molecule has 1 N–H and O–H groups in total. The molecule has 0 spiro atoms. The van der Waals surface area contributed by atoms with Crippen LogP contribution in [0.5, 0.6) is 5.75 Å². The van der Waals surface area contributed by atoms with Crippen LogP contribution in [-0.4, -0.2) is 64.3 Å². The summed E-state index contributed by atoms with van der Waals surface area (Å²) in [7, 11) is 3.00. The fourth-order valence-electron chi connectivity index (χ4n) is 3.62. The quantitative estimate of drug-likeness (QED) is 0.422. The highest BCUT2D eigenvalue weighted by molar-refractivity contribution is 6.31. The molecule has 1 atom stereocenters. The van der Waals surface area contributed by atoms with E-state index in [4.69, 9.17) is 11.6 Å². The van der Waals surface area contributed by atoms with Crippen LogP contribution < -0.4 is 15.2 Å². The van der Waals surface area contributed by atoms with E-state index in [2.05, 4.69) is 15.2 Å². The summed E-state index contributed by atoms with van der Waals surface area (Å²) < 4.78 is 4.50. The van der Waals surface area contributed by atoms with E-state index in [1.807, 2.05) is 18.2 Å². The molecule has 32 heavy (non-hydrogen) atoms. The maximum Gasteiger partial charge on any atom is 0.421 e. The Morgan fingerprint density at radius 1 is 1.12 bits per heavy atom. The van der Waals surface area contributed by atoms with Gasteiger partial charge in [0.1, 0.15) is 0 Å². The van der Waals surface area contributed by atoms with Crippen LogP contribution in [0.25, 0.3) is 0 Å². The SMILES string of the molecule is C/C(=N\NC1=[N+]=C2C(C(=O)N(C)C(=O)N2C)N1Cc1ccccc1Cl)c1ccccc1[O-]. The van der Waals surface area contributed by atoms with Crippen molar-refractivity contribution in [3.8, 4) is 5.75 Å². The lowest BCUT2D eigenvalue weighted by atomic mass is 10.1. The summed E-state index contributed by atoms with van der Waals surface area (Å²) in [6.07, 6.45) is 0. The average Bonchev–Trinajstić information content (AvgIpc) is 3.14. The number of hydrogen-bond acceptors (Lipinski definition) is 6. The van der Waals surface area contributed by atoms with Crippen molar-refractivity contribution in [3.05, 3.63) is 64.7 Å². The van der Waals surface area contributed by atoms with Gasteiger partial charge in [0, 0.05) is 17.6 Å². The van der Waals surface area contributed by atoms with Crippen LogP contribution in [0.1, 0.15) is 18.1 Å². The molecule has 0 saturated carbocycles. The van der Waals surface area contributed by atoms with Crippen LogP contribution in [0.3, 0.4) is 0 Å². The number of urea groups is 1. The van der Waals surface area contributed by atoms with Crippen LogP contribution in [0.4, 0.5) is 4.79 Å². The van der Waals surface area contributed by atoms with Gasteiger partial charge < -0.3 is 5.11 Å². The molecular formula is C22H21ClN6O3. The largest absolute Gasteiger partial charge is 0.872 e. The zero-order valence-electron chi connectivity index (χ0n) is 17.7. The van der Waals surface area contributed by atoms with Gasteiger partial charge in [-0.1, -0.05) is 59.8 Å². The number of rotatable bonds is 4. The molecule has 1 unspecified atom stereocenters. The third kappa shape index (κ3) is 3.68. The van der Waals surface area contributed by atoms with Crippen molar-refractivity contribution >= 4 is 41.0 Å². The molecule has 0 radical (unpaired) electrons. The number of likely N-dealkylation sites (N-methyl/N-ethyl adjacent to an activating group) is 2. The smallest absolute Gasteiger partial charge is 0.421 e. The van der Waals surface area contributed by atoms with E-state index in [0.29, 0.717) is 22.1 Å². The first kappa shape index (κ1) is 21.4. The third-order valence-corrected chi connectivity index (χ3v) is 5.80. The molecule has 2 heterocycles. The lowest BCUT2D eigenvalue weighted by Crippen LogP contribution is -2.63. The number of benzene rings is 2. The molecular weight excluding hydrogens is 432 g/mol. The summed E-state index contributed by atoms with van der Waals surface area (Å²) in [5.74, 6) is 0.0176. The Morgan fingerprint density at radius 2 is 1.81 bits per heavy atom. The Hall–Kier alpha value is -3.81. The van der Waals surface area contributed by atoms with Gasteiger partial charge in [0.25, 0.3) is 5.91 Å². The van der Waals surface area contributed by atoms with Crippen LogP contribution in [0.2, 0.25) is 5.02 Å². The van der Waals surface area contributed by atoms with E-state index in [1.54, 1.807) is 43.1 Å². The predicted octanol–water partition coefficient (Wildman–Crippen LogP) is 0.957. The van der Waals surface area contributed by atoms with Gasteiger partial charge in [-0.15, -0.1) is 5.10 Å². The number of guanidine groups is 1. The number of hydrazone groups is 1. The van der Waals surface area contributed by atoms with Crippen LogP contribution >= 0.6 is 11.6 Å². The standard InChI is InChI=1S/C22H21ClN6O3/c1-13(15-9-5-7-11-17(15)30)25-26-21-24-19-18(20(31)28(3)22(32)27(19)2)29(21)12-14-8-4-6-10-16(14)23/h4-11,18H,12H2,1-3H3,(H,25,30). The van der Waals surface area contributed by atoms with Gasteiger partial charge in [-0.25, -0.2) is 19.3 Å². The van der Waals surface area contributed by atoms with Crippen molar-refractivity contribution in [2.24, 2.45) is 5.10 Å². The van der Waals surface area contributed by atoms with E-state index in [-0.39, 0.29) is 18.3 Å². The fourth-order valence-corrected chi connectivity index (χ4v) is 3.82. The minimum absolute atomic E-state index is 0.151. The predicted molar refractivity (Wildman–Crippen MR) is 120 cm³/mol. The number of imide groups is 1. The number of carbonyl (C=O) groups excluding carboxylic acids is 2. The Balaban J connectivity index is 1.71. The number of hydrogen-bond donors (Lipinski definition) is 1. The molecule has 2 aromatic carbocycles. The monoisotopic (exact) mass is 452 g/mol. The van der Waals surface area contributed by atoms with Gasteiger partial charge >= 0.3 is 17.8 Å². The van der Waals surface area contributed by atoms with Gasteiger partial charge in [-0.2, -0.15) is 5.43 Å². The first-order valence-electron chi connectivity index (χ1n) is 9.87. The van der Waals surface area contributed by atoms with Crippen LogP contribution in [0.15, 0.2) is 53.6 Å². The summed E-state index contributed by atoms with van der Waals surface area (Å²) >= 11 is 6.35. The van der Waals surface area contributed by atoms with Gasteiger partial charge in [0.2, 0.25) is 6.04 Å². The normalized spacial score (nSPS) is 18.6. The number of nitrogens with one attached hydrogen (secondary N) is 1.